The highest BCUT2D eigenvalue weighted by Crippen LogP contribution is 2.38. The quantitative estimate of drug-likeness (QED) is 0.683. The molecule has 1 heterocycles. The minimum Gasteiger partial charge on any atom is -0.508 e. The van der Waals surface area contributed by atoms with Gasteiger partial charge < -0.3 is 10.2 Å². The molecule has 0 unspecified atom stereocenters. The molecule has 2 aromatic carbocycles. The number of carbonyl (C=O) groups is 1. The maximum absolute atomic E-state index is 12.9. The van der Waals surface area contributed by atoms with Gasteiger partial charge in [-0.1, -0.05) is 6.07 Å². The lowest BCUT2D eigenvalue weighted by atomic mass is 10.1. The summed E-state index contributed by atoms with van der Waals surface area (Å²) in [4.78, 5) is 13.5. The molecule has 3 rings (SSSR count). The number of nitrogens with one attached hydrogen (secondary N) is 1. The summed E-state index contributed by atoms with van der Waals surface area (Å²) in [6, 6.07) is 7.93. The molecule has 2 aromatic rings. The standard InChI is InChI=1S/C17H11F3N2O3S/c18-17(19,20)10-2-1-3-11(7-10)22-15(25)14(26-16(22)21)6-9-4-5-12(23)8-13(9)24/h1-8,21,23-24H/b14-6-,21-16?. The van der Waals surface area contributed by atoms with E-state index in [9.17, 15) is 28.2 Å². The van der Waals surface area contributed by atoms with E-state index in [0.717, 1.165) is 40.9 Å². The van der Waals surface area contributed by atoms with E-state index in [-0.39, 0.29) is 32.8 Å². The van der Waals surface area contributed by atoms with Crippen molar-refractivity contribution in [2.24, 2.45) is 0 Å². The summed E-state index contributed by atoms with van der Waals surface area (Å²) in [6.45, 7) is 0. The van der Waals surface area contributed by atoms with Crippen LogP contribution in [-0.4, -0.2) is 21.3 Å². The van der Waals surface area contributed by atoms with Crippen molar-refractivity contribution >= 4 is 34.6 Å². The average molecular weight is 380 g/mol. The first-order valence-corrected chi connectivity index (χ1v) is 8.00. The van der Waals surface area contributed by atoms with Gasteiger partial charge in [0.15, 0.2) is 5.17 Å². The number of hydrogen-bond acceptors (Lipinski definition) is 5. The van der Waals surface area contributed by atoms with Gasteiger partial charge in [-0.3, -0.25) is 15.1 Å². The molecule has 0 atom stereocenters. The highest BCUT2D eigenvalue weighted by atomic mass is 32.2. The number of rotatable bonds is 2. The first-order chi connectivity index (χ1) is 12.2. The van der Waals surface area contributed by atoms with E-state index in [0.29, 0.717) is 0 Å². The Labute approximate surface area is 149 Å². The SMILES string of the molecule is N=C1S/C(=C\c2ccc(O)cc2O)C(=O)N1c1cccc(C(F)(F)F)c1. The molecule has 1 fully saturated rings. The Morgan fingerprint density at radius 2 is 1.85 bits per heavy atom. The first kappa shape index (κ1) is 17.9. The van der Waals surface area contributed by atoms with Crippen molar-refractivity contribution in [3.8, 4) is 11.5 Å². The zero-order valence-electron chi connectivity index (χ0n) is 12.9. The van der Waals surface area contributed by atoms with Crippen LogP contribution in [0.25, 0.3) is 6.08 Å². The Hall–Kier alpha value is -2.94. The summed E-state index contributed by atoms with van der Waals surface area (Å²) < 4.78 is 38.6. The van der Waals surface area contributed by atoms with Crippen LogP contribution >= 0.6 is 11.8 Å². The topological polar surface area (TPSA) is 84.6 Å². The number of thioether (sulfide) groups is 1. The van der Waals surface area contributed by atoms with Crippen LogP contribution in [0.5, 0.6) is 11.5 Å². The number of phenolic OH excluding ortho intramolecular Hbond substituents is 2. The van der Waals surface area contributed by atoms with Crippen molar-refractivity contribution in [1.29, 1.82) is 5.41 Å². The van der Waals surface area contributed by atoms with E-state index in [1.807, 2.05) is 0 Å². The van der Waals surface area contributed by atoms with Gasteiger partial charge in [0.25, 0.3) is 5.91 Å². The molecule has 1 aliphatic rings. The van der Waals surface area contributed by atoms with Crippen molar-refractivity contribution in [3.05, 3.63) is 58.5 Å². The number of carbonyl (C=O) groups excluding carboxylic acids is 1. The number of halogens is 3. The molecule has 0 saturated carbocycles. The molecular formula is C17H11F3N2O3S. The van der Waals surface area contributed by atoms with E-state index in [4.69, 9.17) is 5.41 Å². The lowest BCUT2D eigenvalue weighted by molar-refractivity contribution is -0.137. The lowest BCUT2D eigenvalue weighted by Crippen LogP contribution is -2.28. The largest absolute Gasteiger partial charge is 0.508 e. The van der Waals surface area contributed by atoms with Gasteiger partial charge in [0.2, 0.25) is 0 Å². The van der Waals surface area contributed by atoms with Gasteiger partial charge in [0, 0.05) is 11.6 Å². The molecule has 1 aliphatic heterocycles. The van der Waals surface area contributed by atoms with Gasteiger partial charge in [-0.2, -0.15) is 13.2 Å². The van der Waals surface area contributed by atoms with Gasteiger partial charge >= 0.3 is 6.18 Å². The minimum atomic E-state index is -4.56. The lowest BCUT2D eigenvalue weighted by Gasteiger charge is -2.16. The van der Waals surface area contributed by atoms with Gasteiger partial charge in [0.05, 0.1) is 16.2 Å². The number of aromatic hydroxyl groups is 2. The van der Waals surface area contributed by atoms with Crippen LogP contribution in [0.1, 0.15) is 11.1 Å². The Morgan fingerprint density at radius 1 is 1.12 bits per heavy atom. The predicted molar refractivity (Wildman–Crippen MR) is 92.0 cm³/mol. The average Bonchev–Trinajstić information content (AvgIpc) is 2.83. The number of benzene rings is 2. The van der Waals surface area contributed by atoms with Crippen LogP contribution in [0, 0.1) is 5.41 Å². The van der Waals surface area contributed by atoms with E-state index in [1.165, 1.54) is 24.3 Å². The molecule has 9 heteroatoms. The number of anilines is 1. The van der Waals surface area contributed by atoms with Crippen molar-refractivity contribution in [1.82, 2.24) is 0 Å². The van der Waals surface area contributed by atoms with Crippen LogP contribution in [0.4, 0.5) is 18.9 Å². The van der Waals surface area contributed by atoms with Crippen LogP contribution in [0.3, 0.4) is 0 Å². The van der Waals surface area contributed by atoms with Gasteiger partial charge in [-0.15, -0.1) is 0 Å². The highest BCUT2D eigenvalue weighted by molar-refractivity contribution is 8.19. The number of amides is 1. The second kappa shape index (κ2) is 6.41. The van der Waals surface area contributed by atoms with Gasteiger partial charge in [-0.25, -0.2) is 0 Å². The summed E-state index contributed by atoms with van der Waals surface area (Å²) in [6.07, 6.45) is -3.26. The smallest absolute Gasteiger partial charge is 0.416 e. The highest BCUT2D eigenvalue weighted by Gasteiger charge is 2.36. The molecule has 0 spiro atoms. The fourth-order valence-corrected chi connectivity index (χ4v) is 3.19. The summed E-state index contributed by atoms with van der Waals surface area (Å²) in [5.74, 6) is -1.10. The molecule has 3 N–H and O–H groups in total. The van der Waals surface area contributed by atoms with Crippen molar-refractivity contribution in [3.63, 3.8) is 0 Å². The second-order valence-corrected chi connectivity index (χ2v) is 6.38. The second-order valence-electron chi connectivity index (χ2n) is 5.35. The zero-order chi connectivity index (χ0) is 19.1. The predicted octanol–water partition coefficient (Wildman–Crippen LogP) is 4.17. The van der Waals surface area contributed by atoms with E-state index >= 15 is 0 Å². The third kappa shape index (κ3) is 3.38. The zero-order valence-corrected chi connectivity index (χ0v) is 13.7. The Morgan fingerprint density at radius 3 is 2.50 bits per heavy atom. The first-order valence-electron chi connectivity index (χ1n) is 7.18. The van der Waals surface area contributed by atoms with Crippen LogP contribution in [0.2, 0.25) is 0 Å². The van der Waals surface area contributed by atoms with E-state index in [2.05, 4.69) is 0 Å². The normalized spacial score (nSPS) is 16.6. The van der Waals surface area contributed by atoms with E-state index in [1.54, 1.807) is 0 Å². The molecule has 1 saturated heterocycles. The van der Waals surface area contributed by atoms with Crippen molar-refractivity contribution < 1.29 is 28.2 Å². The minimum absolute atomic E-state index is 0.0633. The molecule has 0 aromatic heterocycles. The molecule has 0 aliphatic carbocycles. The summed E-state index contributed by atoms with van der Waals surface area (Å²) in [7, 11) is 0. The third-order valence-electron chi connectivity index (χ3n) is 3.56. The maximum atomic E-state index is 12.9. The summed E-state index contributed by atoms with van der Waals surface area (Å²) in [5.41, 5.74) is -0.757. The molecule has 1 amide bonds. The molecule has 134 valence electrons. The van der Waals surface area contributed by atoms with Crippen molar-refractivity contribution in [2.75, 3.05) is 4.90 Å². The fourth-order valence-electron chi connectivity index (χ4n) is 2.34. The van der Waals surface area contributed by atoms with Crippen LogP contribution in [0.15, 0.2) is 47.4 Å². The number of hydrogen-bond donors (Lipinski definition) is 3. The molecule has 5 nitrogen and oxygen atoms in total. The molecule has 0 radical (unpaired) electrons. The molecule has 26 heavy (non-hydrogen) atoms. The summed E-state index contributed by atoms with van der Waals surface area (Å²) >= 11 is 0.764. The Bertz CT molecular complexity index is 941. The number of amidine groups is 1. The van der Waals surface area contributed by atoms with Crippen molar-refractivity contribution in [2.45, 2.75) is 6.18 Å². The fraction of sp³-hybridized carbons (Fsp3) is 0.0588. The van der Waals surface area contributed by atoms with Gasteiger partial charge in [0.1, 0.15) is 11.5 Å². The maximum Gasteiger partial charge on any atom is 0.416 e. The third-order valence-corrected chi connectivity index (χ3v) is 4.44. The molecule has 0 bridgehead atoms. The number of nitrogens with zero attached hydrogens (tertiary/aromatic N) is 1. The number of alkyl halides is 3. The molecular weight excluding hydrogens is 369 g/mol. The number of phenols is 2. The van der Waals surface area contributed by atoms with Crippen LogP contribution < -0.4 is 4.90 Å². The van der Waals surface area contributed by atoms with E-state index < -0.39 is 17.6 Å². The Balaban J connectivity index is 1.96. The van der Waals surface area contributed by atoms with Crippen LogP contribution in [-0.2, 0) is 11.0 Å². The monoisotopic (exact) mass is 380 g/mol. The summed E-state index contributed by atoms with van der Waals surface area (Å²) in [5, 5.41) is 26.8. The Kier molecular flexibility index (Phi) is 4.41. The van der Waals surface area contributed by atoms with Gasteiger partial charge in [-0.05, 0) is 48.2 Å².